The van der Waals surface area contributed by atoms with Gasteiger partial charge in [-0.05, 0) is 101 Å². The van der Waals surface area contributed by atoms with Gasteiger partial charge in [-0.15, -0.1) is 0 Å². The first-order valence-electron chi connectivity index (χ1n) is 12.1. The van der Waals surface area contributed by atoms with Crippen LogP contribution in [0.25, 0.3) is 0 Å². The minimum atomic E-state index is -0.588. The molecule has 0 N–H and O–H groups in total. The fraction of sp³-hybridized carbons (Fsp3) is 0.481. The molecule has 0 aromatic heterocycles. The Hall–Kier alpha value is -2.37. The van der Waals surface area contributed by atoms with E-state index in [9.17, 15) is 9.59 Å². The van der Waals surface area contributed by atoms with E-state index in [0.717, 1.165) is 37.5 Å². The molecule has 2 aromatic carbocycles. The Bertz CT molecular complexity index is 934. The van der Waals surface area contributed by atoms with Gasteiger partial charge < -0.3 is 9.80 Å². The number of nitrogens with zero attached hydrogens (tertiary/aromatic N) is 3. The first-order valence-corrected chi connectivity index (χ1v) is 12.4. The molecule has 33 heavy (non-hydrogen) atoms. The van der Waals surface area contributed by atoms with Gasteiger partial charge in [-0.25, -0.2) is 0 Å². The van der Waals surface area contributed by atoms with Crippen molar-refractivity contribution in [1.82, 2.24) is 9.80 Å². The van der Waals surface area contributed by atoms with Gasteiger partial charge in [0, 0.05) is 29.4 Å². The number of rotatable bonds is 5. The van der Waals surface area contributed by atoms with Crippen LogP contribution in [0.4, 0.5) is 5.69 Å². The number of likely N-dealkylation sites (tertiary alicyclic amines) is 2. The summed E-state index contributed by atoms with van der Waals surface area (Å²) < 4.78 is 0. The van der Waals surface area contributed by atoms with Crippen LogP contribution in [-0.4, -0.2) is 60.9 Å². The van der Waals surface area contributed by atoms with Crippen molar-refractivity contribution in [2.75, 3.05) is 38.1 Å². The molecular formula is C27H34ClN3O2. The molecule has 0 aliphatic carbocycles. The predicted molar refractivity (Wildman–Crippen MR) is 134 cm³/mol. The van der Waals surface area contributed by atoms with Gasteiger partial charge in [0.1, 0.15) is 6.04 Å². The monoisotopic (exact) mass is 467 g/mol. The Labute approximate surface area is 202 Å². The van der Waals surface area contributed by atoms with E-state index < -0.39 is 6.04 Å². The third-order valence-corrected chi connectivity index (χ3v) is 7.62. The Morgan fingerprint density at radius 3 is 2.00 bits per heavy atom. The van der Waals surface area contributed by atoms with Crippen LogP contribution in [-0.2, 0) is 4.79 Å². The highest BCUT2D eigenvalue weighted by Crippen LogP contribution is 2.33. The molecule has 2 fully saturated rings. The van der Waals surface area contributed by atoms with Crippen molar-refractivity contribution in [3.63, 3.8) is 0 Å². The summed E-state index contributed by atoms with van der Waals surface area (Å²) in [5.74, 6) is 1.31. The minimum absolute atomic E-state index is 0.0167. The van der Waals surface area contributed by atoms with E-state index in [-0.39, 0.29) is 11.8 Å². The van der Waals surface area contributed by atoms with Gasteiger partial charge in [0.25, 0.3) is 5.91 Å². The van der Waals surface area contributed by atoms with Crippen molar-refractivity contribution in [2.24, 2.45) is 11.8 Å². The molecule has 6 heteroatoms. The number of hydrogen-bond acceptors (Lipinski definition) is 3. The molecule has 0 spiro atoms. The van der Waals surface area contributed by atoms with Gasteiger partial charge in [0.05, 0.1) is 0 Å². The summed E-state index contributed by atoms with van der Waals surface area (Å²) in [6.45, 7) is 5.75. The van der Waals surface area contributed by atoms with E-state index in [1.807, 2.05) is 42.2 Å². The average Bonchev–Trinajstić information content (AvgIpc) is 2.85. The van der Waals surface area contributed by atoms with E-state index in [1.54, 1.807) is 29.2 Å². The normalized spacial score (nSPS) is 19.3. The molecule has 2 aliphatic heterocycles. The zero-order valence-electron chi connectivity index (χ0n) is 19.6. The molecule has 2 aromatic rings. The van der Waals surface area contributed by atoms with Crippen LogP contribution in [0.2, 0.25) is 5.02 Å². The van der Waals surface area contributed by atoms with Gasteiger partial charge in [0.15, 0.2) is 0 Å². The smallest absolute Gasteiger partial charge is 0.259 e. The molecule has 2 amide bonds. The van der Waals surface area contributed by atoms with E-state index in [1.165, 1.54) is 25.9 Å². The van der Waals surface area contributed by atoms with Gasteiger partial charge >= 0.3 is 0 Å². The number of anilines is 1. The molecule has 4 rings (SSSR count). The highest BCUT2D eigenvalue weighted by atomic mass is 35.5. The fourth-order valence-electron chi connectivity index (χ4n) is 5.30. The zero-order valence-corrected chi connectivity index (χ0v) is 20.4. The number of piperidine rings is 2. The number of carbonyl (C=O) groups is 2. The lowest BCUT2D eigenvalue weighted by atomic mass is 9.79. The quantitative estimate of drug-likeness (QED) is 0.624. The number of carbonyl (C=O) groups excluding carboxylic acids is 2. The Balaban J connectivity index is 1.46. The molecule has 1 atom stereocenters. The highest BCUT2D eigenvalue weighted by Gasteiger charge is 2.35. The van der Waals surface area contributed by atoms with Crippen LogP contribution in [0.5, 0.6) is 0 Å². The largest absolute Gasteiger partial charge is 0.341 e. The Kier molecular flexibility index (Phi) is 7.71. The van der Waals surface area contributed by atoms with Gasteiger partial charge in [-0.2, -0.15) is 0 Å². The maximum Gasteiger partial charge on any atom is 0.259 e. The zero-order chi connectivity index (χ0) is 23.4. The van der Waals surface area contributed by atoms with Crippen LogP contribution in [0.3, 0.4) is 0 Å². The summed E-state index contributed by atoms with van der Waals surface area (Å²) in [5.41, 5.74) is 1.24. The van der Waals surface area contributed by atoms with Crippen LogP contribution in [0.1, 0.15) is 43.0 Å². The predicted octanol–water partition coefficient (Wildman–Crippen LogP) is 4.96. The topological polar surface area (TPSA) is 43.9 Å². The number of benzene rings is 2. The SMILES string of the molecule is C[C@H](C(=O)N1CCC(C2CCN(C)CC2)CC1)N(C(=O)c1ccc(Cl)cc1)c1ccccc1. The van der Waals surface area contributed by atoms with Gasteiger partial charge in [-0.1, -0.05) is 29.8 Å². The van der Waals surface area contributed by atoms with Crippen molar-refractivity contribution in [2.45, 2.75) is 38.6 Å². The fourth-order valence-corrected chi connectivity index (χ4v) is 5.43. The number of amides is 2. The maximum atomic E-state index is 13.5. The first-order chi connectivity index (χ1) is 15.9. The van der Waals surface area contributed by atoms with Crippen LogP contribution in [0, 0.1) is 11.8 Å². The molecule has 2 aliphatic rings. The molecule has 2 heterocycles. The molecule has 5 nitrogen and oxygen atoms in total. The lowest BCUT2D eigenvalue weighted by molar-refractivity contribution is -0.133. The standard InChI is InChI=1S/C27H34ClN3O2/c1-20(26(32)30-18-14-22(15-19-30)21-12-16-29(2)17-13-21)31(25-6-4-3-5-7-25)27(33)23-8-10-24(28)11-9-23/h3-11,20-22H,12-19H2,1-2H3/t20-/m1/s1. The molecule has 0 unspecified atom stereocenters. The molecular weight excluding hydrogens is 434 g/mol. The van der Waals surface area contributed by atoms with E-state index in [4.69, 9.17) is 11.6 Å². The van der Waals surface area contributed by atoms with Crippen molar-refractivity contribution < 1.29 is 9.59 Å². The van der Waals surface area contributed by atoms with Crippen LogP contribution < -0.4 is 4.90 Å². The number of halogens is 1. The van der Waals surface area contributed by atoms with Crippen molar-refractivity contribution in [3.05, 3.63) is 65.2 Å². The van der Waals surface area contributed by atoms with E-state index >= 15 is 0 Å². The summed E-state index contributed by atoms with van der Waals surface area (Å²) in [5, 5.41) is 0.578. The summed E-state index contributed by atoms with van der Waals surface area (Å²) in [4.78, 5) is 33.0. The summed E-state index contributed by atoms with van der Waals surface area (Å²) in [6, 6.07) is 15.7. The Morgan fingerprint density at radius 2 is 1.42 bits per heavy atom. The summed E-state index contributed by atoms with van der Waals surface area (Å²) in [7, 11) is 2.20. The summed E-state index contributed by atoms with van der Waals surface area (Å²) >= 11 is 6.01. The van der Waals surface area contributed by atoms with E-state index in [0.29, 0.717) is 16.5 Å². The van der Waals surface area contributed by atoms with Gasteiger partial charge in [-0.3, -0.25) is 14.5 Å². The number of hydrogen-bond donors (Lipinski definition) is 0. The highest BCUT2D eigenvalue weighted by molar-refractivity contribution is 6.30. The van der Waals surface area contributed by atoms with Crippen LogP contribution >= 0.6 is 11.6 Å². The lowest BCUT2D eigenvalue weighted by Crippen LogP contribution is -2.52. The Morgan fingerprint density at radius 1 is 0.879 bits per heavy atom. The minimum Gasteiger partial charge on any atom is -0.341 e. The maximum absolute atomic E-state index is 13.5. The lowest BCUT2D eigenvalue weighted by Gasteiger charge is -2.41. The number of para-hydroxylation sites is 1. The molecule has 0 radical (unpaired) electrons. The third-order valence-electron chi connectivity index (χ3n) is 7.37. The first kappa shape index (κ1) is 23.8. The van der Waals surface area contributed by atoms with Crippen molar-refractivity contribution in [3.8, 4) is 0 Å². The third kappa shape index (κ3) is 5.59. The molecule has 0 saturated carbocycles. The molecule has 0 bridgehead atoms. The van der Waals surface area contributed by atoms with Crippen LogP contribution in [0.15, 0.2) is 54.6 Å². The van der Waals surface area contributed by atoms with Crippen molar-refractivity contribution in [1.29, 1.82) is 0 Å². The summed E-state index contributed by atoms with van der Waals surface area (Å²) in [6.07, 6.45) is 4.65. The van der Waals surface area contributed by atoms with Gasteiger partial charge in [0.2, 0.25) is 5.91 Å². The second-order valence-electron chi connectivity index (χ2n) is 9.50. The average molecular weight is 468 g/mol. The molecule has 176 valence electrons. The van der Waals surface area contributed by atoms with E-state index in [2.05, 4.69) is 11.9 Å². The second kappa shape index (κ2) is 10.7. The molecule has 2 saturated heterocycles. The second-order valence-corrected chi connectivity index (χ2v) is 9.93. The van der Waals surface area contributed by atoms with Crippen molar-refractivity contribution >= 4 is 29.1 Å².